The molecule has 1 amide bonds. The van der Waals surface area contributed by atoms with Crippen molar-refractivity contribution in [2.45, 2.75) is 33.4 Å². The predicted molar refractivity (Wildman–Crippen MR) is 119 cm³/mol. The van der Waals surface area contributed by atoms with Crippen molar-refractivity contribution in [2.75, 3.05) is 18.4 Å². The number of carbonyl (C=O) groups excluding carboxylic acids is 1. The van der Waals surface area contributed by atoms with Crippen LogP contribution >= 0.6 is 12.2 Å². The molecule has 0 atom stereocenters. The van der Waals surface area contributed by atoms with Crippen molar-refractivity contribution >= 4 is 23.8 Å². The number of tetrazole rings is 1. The molecule has 0 bridgehead atoms. The zero-order valence-electron chi connectivity index (χ0n) is 17.3. The van der Waals surface area contributed by atoms with Gasteiger partial charge >= 0.3 is 0 Å². The van der Waals surface area contributed by atoms with E-state index < -0.39 is 0 Å². The third-order valence-electron chi connectivity index (χ3n) is 5.62. The van der Waals surface area contributed by atoms with Crippen LogP contribution in [0.2, 0.25) is 0 Å². The average Bonchev–Trinajstić information content (AvgIpc) is 3.09. The maximum atomic E-state index is 12.5. The third kappa shape index (κ3) is 4.34. The molecule has 1 aliphatic heterocycles. The number of likely N-dealkylation sites (tertiary alicyclic amines) is 1. The molecule has 1 aliphatic rings. The molecule has 2 aromatic carbocycles. The van der Waals surface area contributed by atoms with Gasteiger partial charge in [-0.2, -0.15) is 4.68 Å². The molecule has 156 valence electrons. The van der Waals surface area contributed by atoms with Gasteiger partial charge in [-0.1, -0.05) is 36.4 Å². The molecular weight excluding hydrogens is 396 g/mol. The first-order chi connectivity index (χ1) is 14.5. The number of benzene rings is 2. The van der Waals surface area contributed by atoms with Gasteiger partial charge in [0.1, 0.15) is 0 Å². The number of nitrogens with one attached hydrogen (secondary N) is 1. The molecule has 0 saturated carbocycles. The van der Waals surface area contributed by atoms with Crippen molar-refractivity contribution in [1.82, 2.24) is 24.7 Å². The van der Waals surface area contributed by atoms with Crippen molar-refractivity contribution in [2.24, 2.45) is 5.92 Å². The van der Waals surface area contributed by atoms with Crippen LogP contribution < -0.4 is 5.32 Å². The second-order valence-corrected chi connectivity index (χ2v) is 8.17. The largest absolute Gasteiger partial charge is 0.326 e. The molecule has 1 fully saturated rings. The van der Waals surface area contributed by atoms with Crippen LogP contribution in [0.1, 0.15) is 24.0 Å². The van der Waals surface area contributed by atoms with Crippen molar-refractivity contribution in [3.63, 3.8) is 0 Å². The molecular formula is C22H26N6OS. The van der Waals surface area contributed by atoms with Gasteiger partial charge in [0, 0.05) is 24.7 Å². The second kappa shape index (κ2) is 8.89. The number of para-hydroxylation sites is 2. The lowest BCUT2D eigenvalue weighted by Gasteiger charge is -2.30. The molecule has 30 heavy (non-hydrogen) atoms. The number of anilines is 1. The van der Waals surface area contributed by atoms with Gasteiger partial charge in [-0.3, -0.25) is 9.69 Å². The summed E-state index contributed by atoms with van der Waals surface area (Å²) in [6.07, 6.45) is 1.63. The first-order valence-electron chi connectivity index (χ1n) is 10.2. The summed E-state index contributed by atoms with van der Waals surface area (Å²) in [6.45, 7) is 6.33. The van der Waals surface area contributed by atoms with Crippen molar-refractivity contribution in [3.05, 3.63) is 64.4 Å². The van der Waals surface area contributed by atoms with E-state index in [0.29, 0.717) is 11.4 Å². The molecule has 1 N–H and O–H groups in total. The van der Waals surface area contributed by atoms with Crippen LogP contribution in [0, 0.1) is 24.5 Å². The van der Waals surface area contributed by atoms with Crippen molar-refractivity contribution in [1.29, 1.82) is 0 Å². The Morgan fingerprint density at radius 2 is 1.70 bits per heavy atom. The summed E-state index contributed by atoms with van der Waals surface area (Å²) >= 11 is 5.64. The minimum atomic E-state index is 0.0275. The van der Waals surface area contributed by atoms with Crippen LogP contribution in [0.5, 0.6) is 0 Å². The minimum Gasteiger partial charge on any atom is -0.326 e. The molecule has 1 saturated heterocycles. The number of piperidine rings is 1. The lowest BCUT2D eigenvalue weighted by atomic mass is 9.96. The molecule has 2 heterocycles. The van der Waals surface area contributed by atoms with E-state index in [9.17, 15) is 4.79 Å². The number of amides is 1. The predicted octanol–water partition coefficient (Wildman–Crippen LogP) is 3.72. The maximum Gasteiger partial charge on any atom is 0.227 e. The third-order valence-corrected chi connectivity index (χ3v) is 6.01. The summed E-state index contributed by atoms with van der Waals surface area (Å²) in [6, 6.07) is 15.7. The lowest BCUT2D eigenvalue weighted by Crippen LogP contribution is -2.39. The number of hydrogen-bond donors (Lipinski definition) is 1. The molecule has 4 rings (SSSR count). The van der Waals surface area contributed by atoms with Gasteiger partial charge in [0.2, 0.25) is 10.7 Å². The number of nitrogens with zero attached hydrogens (tertiary/aromatic N) is 5. The molecule has 0 unspecified atom stereocenters. The Labute approximate surface area is 181 Å². The maximum absolute atomic E-state index is 12.5. The van der Waals surface area contributed by atoms with Crippen molar-refractivity contribution < 1.29 is 4.79 Å². The van der Waals surface area contributed by atoms with Gasteiger partial charge in [0.15, 0.2) is 0 Å². The highest BCUT2D eigenvalue weighted by molar-refractivity contribution is 7.71. The van der Waals surface area contributed by atoms with Crippen molar-refractivity contribution in [3.8, 4) is 5.69 Å². The number of rotatable bonds is 5. The summed E-state index contributed by atoms with van der Waals surface area (Å²) in [7, 11) is 0. The van der Waals surface area contributed by atoms with E-state index in [1.165, 1.54) is 0 Å². The molecule has 8 heteroatoms. The zero-order valence-corrected chi connectivity index (χ0v) is 18.1. The van der Waals surface area contributed by atoms with E-state index in [1.54, 1.807) is 9.36 Å². The molecule has 0 aliphatic carbocycles. The Kier molecular flexibility index (Phi) is 6.06. The number of hydrogen-bond acceptors (Lipinski definition) is 5. The standard InChI is InChI=1S/C22H26N6OS/c1-16-7-6-8-17(2)20(16)28-22(30)27(24-25-28)15-26-13-11-18(12-14-26)21(29)23-19-9-4-3-5-10-19/h3-10,18H,11-15H2,1-2H3,(H,23,29). The van der Waals surface area contributed by atoms with Gasteiger partial charge in [0.25, 0.3) is 0 Å². The van der Waals surface area contributed by atoms with Gasteiger partial charge < -0.3 is 5.32 Å². The Balaban J connectivity index is 1.37. The first-order valence-corrected chi connectivity index (χ1v) is 10.6. The topological polar surface area (TPSA) is 68.0 Å². The highest BCUT2D eigenvalue weighted by Gasteiger charge is 2.25. The van der Waals surface area contributed by atoms with E-state index in [-0.39, 0.29) is 11.8 Å². The highest BCUT2D eigenvalue weighted by Crippen LogP contribution is 2.21. The quantitative estimate of drug-likeness (QED) is 0.635. The second-order valence-electron chi connectivity index (χ2n) is 7.80. The normalized spacial score (nSPS) is 15.3. The number of aromatic nitrogens is 4. The first kappa shape index (κ1) is 20.4. The highest BCUT2D eigenvalue weighted by atomic mass is 32.1. The fourth-order valence-corrected chi connectivity index (χ4v) is 4.16. The summed E-state index contributed by atoms with van der Waals surface area (Å²) in [4.78, 5) is 14.8. The lowest BCUT2D eigenvalue weighted by molar-refractivity contribution is -0.121. The van der Waals surface area contributed by atoms with E-state index in [2.05, 4.69) is 20.6 Å². The molecule has 0 radical (unpaired) electrons. The fourth-order valence-electron chi connectivity index (χ4n) is 3.93. The van der Waals surface area contributed by atoms with E-state index in [1.807, 2.05) is 62.4 Å². The van der Waals surface area contributed by atoms with Gasteiger partial charge in [-0.25, -0.2) is 4.68 Å². The van der Waals surface area contributed by atoms with E-state index in [0.717, 1.165) is 48.4 Å². The fraction of sp³-hybridized carbons (Fsp3) is 0.364. The Morgan fingerprint density at radius 3 is 2.37 bits per heavy atom. The van der Waals surface area contributed by atoms with Crippen LogP contribution in [-0.2, 0) is 11.5 Å². The summed E-state index contributed by atoms with van der Waals surface area (Å²) in [5.41, 5.74) is 4.07. The van der Waals surface area contributed by atoms with E-state index in [4.69, 9.17) is 12.2 Å². The summed E-state index contributed by atoms with van der Waals surface area (Å²) in [5, 5.41) is 11.6. The van der Waals surface area contributed by atoms with Crippen LogP contribution in [0.15, 0.2) is 48.5 Å². The van der Waals surface area contributed by atoms with E-state index >= 15 is 0 Å². The molecule has 1 aromatic heterocycles. The molecule has 0 spiro atoms. The Morgan fingerprint density at radius 1 is 1.03 bits per heavy atom. The molecule has 7 nitrogen and oxygen atoms in total. The molecule has 3 aromatic rings. The number of carbonyl (C=O) groups is 1. The van der Waals surface area contributed by atoms with Crippen LogP contribution in [0.25, 0.3) is 5.69 Å². The summed E-state index contributed by atoms with van der Waals surface area (Å²) < 4.78 is 4.07. The average molecular weight is 423 g/mol. The smallest absolute Gasteiger partial charge is 0.227 e. The van der Waals surface area contributed by atoms with Gasteiger partial charge in [-0.05, 0) is 72.6 Å². The monoisotopic (exact) mass is 422 g/mol. The van der Waals surface area contributed by atoms with Crippen LogP contribution in [-0.4, -0.2) is 43.7 Å². The van der Waals surface area contributed by atoms with Gasteiger partial charge in [-0.15, -0.1) is 0 Å². The zero-order chi connectivity index (χ0) is 21.1. The Bertz CT molecular complexity index is 1060. The SMILES string of the molecule is Cc1cccc(C)c1-n1nnn(CN2CCC(C(=O)Nc3ccccc3)CC2)c1=S. The van der Waals surface area contributed by atoms with Crippen LogP contribution in [0.3, 0.4) is 0 Å². The Hall–Kier alpha value is -2.84. The van der Waals surface area contributed by atoms with Gasteiger partial charge in [0.05, 0.1) is 12.4 Å². The minimum absolute atomic E-state index is 0.0275. The van der Waals surface area contributed by atoms with Crippen LogP contribution in [0.4, 0.5) is 5.69 Å². The summed E-state index contributed by atoms with van der Waals surface area (Å²) in [5.74, 6) is 0.123. The number of aryl methyl sites for hydroxylation is 2.